The first-order chi connectivity index (χ1) is 11.7. The summed E-state index contributed by atoms with van der Waals surface area (Å²) >= 11 is 0. The Labute approximate surface area is 142 Å². The highest BCUT2D eigenvalue weighted by Crippen LogP contribution is 2.16. The number of carbonyl (C=O) groups excluding carboxylic acids is 1. The van der Waals surface area contributed by atoms with Gasteiger partial charge in [-0.25, -0.2) is 13.9 Å². The summed E-state index contributed by atoms with van der Waals surface area (Å²) < 4.78 is 14.3. The van der Waals surface area contributed by atoms with Gasteiger partial charge in [0.05, 0.1) is 6.54 Å². The molecule has 25 heavy (non-hydrogen) atoms. The van der Waals surface area contributed by atoms with Crippen LogP contribution < -0.4 is 5.32 Å². The first-order valence-electron chi connectivity index (χ1n) is 7.43. The van der Waals surface area contributed by atoms with Crippen LogP contribution in [0.4, 0.5) is 4.39 Å². The lowest BCUT2D eigenvalue weighted by atomic mass is 10.0. The minimum atomic E-state index is -2.11. The van der Waals surface area contributed by atoms with Crippen LogP contribution in [0.3, 0.4) is 0 Å². The molecule has 0 spiro atoms. The molecule has 0 aliphatic carbocycles. The van der Waals surface area contributed by atoms with E-state index >= 15 is 0 Å². The molecule has 0 aliphatic heterocycles. The number of carbonyl (C=O) groups is 2. The maximum absolute atomic E-state index is 13.0. The van der Waals surface area contributed by atoms with Crippen LogP contribution in [0.2, 0.25) is 0 Å². The molecule has 0 bridgehead atoms. The van der Waals surface area contributed by atoms with Crippen molar-refractivity contribution in [2.24, 2.45) is 0 Å². The number of carboxylic acids is 1. The number of rotatable bonds is 7. The van der Waals surface area contributed by atoms with Crippen molar-refractivity contribution in [1.82, 2.24) is 25.5 Å². The van der Waals surface area contributed by atoms with Crippen molar-refractivity contribution in [2.45, 2.75) is 31.9 Å². The summed E-state index contributed by atoms with van der Waals surface area (Å²) in [5, 5.41) is 32.0. The maximum atomic E-state index is 13.0. The number of tetrazole rings is 1. The Morgan fingerprint density at radius 3 is 2.52 bits per heavy atom. The normalized spacial score (nSPS) is 14.6. The monoisotopic (exact) mass is 351 g/mol. The molecule has 134 valence electrons. The van der Waals surface area contributed by atoms with Gasteiger partial charge in [0.2, 0.25) is 5.91 Å². The number of aliphatic hydroxyl groups is 1. The van der Waals surface area contributed by atoms with E-state index in [1.807, 2.05) is 0 Å². The molecule has 0 saturated heterocycles. The SMILES string of the molecule is Cc1nnnn1C(Cc1ccc(F)cc1)C(=O)NCC(C)(O)C(=O)O. The van der Waals surface area contributed by atoms with Crippen molar-refractivity contribution >= 4 is 11.9 Å². The highest BCUT2D eigenvalue weighted by atomic mass is 19.1. The van der Waals surface area contributed by atoms with E-state index in [9.17, 15) is 19.1 Å². The van der Waals surface area contributed by atoms with E-state index in [-0.39, 0.29) is 6.42 Å². The topological polar surface area (TPSA) is 130 Å². The van der Waals surface area contributed by atoms with Crippen LogP contribution >= 0.6 is 0 Å². The van der Waals surface area contributed by atoms with Crippen molar-refractivity contribution in [3.05, 3.63) is 41.5 Å². The third-order valence-corrected chi connectivity index (χ3v) is 3.67. The second-order valence-electron chi connectivity index (χ2n) is 5.81. The number of aryl methyl sites for hydroxylation is 1. The number of hydrogen-bond donors (Lipinski definition) is 3. The van der Waals surface area contributed by atoms with Gasteiger partial charge in [0.25, 0.3) is 0 Å². The van der Waals surface area contributed by atoms with Crippen molar-refractivity contribution in [3.8, 4) is 0 Å². The fourth-order valence-electron chi connectivity index (χ4n) is 2.11. The molecular weight excluding hydrogens is 333 g/mol. The lowest BCUT2D eigenvalue weighted by Crippen LogP contribution is -2.48. The minimum Gasteiger partial charge on any atom is -0.479 e. The van der Waals surface area contributed by atoms with Crippen molar-refractivity contribution in [2.75, 3.05) is 6.54 Å². The molecule has 1 amide bonds. The molecule has 1 heterocycles. The summed E-state index contributed by atoms with van der Waals surface area (Å²) in [5.74, 6) is -2.05. The lowest BCUT2D eigenvalue weighted by molar-refractivity contribution is -0.156. The highest BCUT2D eigenvalue weighted by molar-refractivity contribution is 5.82. The Morgan fingerprint density at radius 2 is 2.00 bits per heavy atom. The number of nitrogens with zero attached hydrogens (tertiary/aromatic N) is 4. The molecule has 1 aromatic heterocycles. The molecule has 9 nitrogen and oxygen atoms in total. The largest absolute Gasteiger partial charge is 0.479 e. The standard InChI is InChI=1S/C15H18FN5O4/c1-9-18-19-20-21(9)12(7-10-3-5-11(16)6-4-10)13(22)17-8-15(2,25)14(23)24/h3-6,12,25H,7-8H2,1-2H3,(H,17,22)(H,23,24). The van der Waals surface area contributed by atoms with E-state index in [4.69, 9.17) is 5.11 Å². The van der Waals surface area contributed by atoms with Crippen molar-refractivity contribution in [3.63, 3.8) is 0 Å². The molecule has 0 saturated carbocycles. The molecular formula is C15H18FN5O4. The fraction of sp³-hybridized carbons (Fsp3) is 0.400. The van der Waals surface area contributed by atoms with Gasteiger partial charge in [-0.15, -0.1) is 5.10 Å². The summed E-state index contributed by atoms with van der Waals surface area (Å²) in [7, 11) is 0. The summed E-state index contributed by atoms with van der Waals surface area (Å²) in [4.78, 5) is 23.5. The van der Waals surface area contributed by atoms with E-state index in [1.54, 1.807) is 6.92 Å². The van der Waals surface area contributed by atoms with Gasteiger partial charge in [-0.3, -0.25) is 4.79 Å². The Morgan fingerprint density at radius 1 is 1.36 bits per heavy atom. The van der Waals surface area contributed by atoms with Crippen LogP contribution in [-0.2, 0) is 16.0 Å². The van der Waals surface area contributed by atoms with Crippen LogP contribution in [0.15, 0.2) is 24.3 Å². The lowest BCUT2D eigenvalue weighted by Gasteiger charge is -2.22. The molecule has 10 heteroatoms. The van der Waals surface area contributed by atoms with Gasteiger partial charge in [-0.1, -0.05) is 12.1 Å². The zero-order valence-corrected chi connectivity index (χ0v) is 13.7. The summed E-state index contributed by atoms with van der Waals surface area (Å²) in [5.41, 5.74) is -1.44. The summed E-state index contributed by atoms with van der Waals surface area (Å²) in [6.45, 7) is 2.20. The number of aliphatic carboxylic acids is 1. The predicted octanol–water partition coefficient (Wildman–Crippen LogP) is -0.144. The average molecular weight is 351 g/mol. The maximum Gasteiger partial charge on any atom is 0.337 e. The highest BCUT2D eigenvalue weighted by Gasteiger charge is 2.32. The molecule has 2 unspecified atom stereocenters. The van der Waals surface area contributed by atoms with Crippen LogP contribution in [-0.4, -0.2) is 54.4 Å². The van der Waals surface area contributed by atoms with E-state index in [0.29, 0.717) is 11.4 Å². The van der Waals surface area contributed by atoms with Gasteiger partial charge in [0.15, 0.2) is 5.60 Å². The number of amides is 1. The van der Waals surface area contributed by atoms with E-state index in [0.717, 1.165) is 6.92 Å². The summed E-state index contributed by atoms with van der Waals surface area (Å²) in [6.07, 6.45) is 0.160. The molecule has 2 atom stereocenters. The van der Waals surface area contributed by atoms with Crippen molar-refractivity contribution in [1.29, 1.82) is 0 Å². The van der Waals surface area contributed by atoms with Gasteiger partial charge in [-0.2, -0.15) is 0 Å². The first-order valence-corrected chi connectivity index (χ1v) is 7.43. The quantitative estimate of drug-likeness (QED) is 0.633. The van der Waals surface area contributed by atoms with Crippen molar-refractivity contribution < 1.29 is 24.2 Å². The van der Waals surface area contributed by atoms with Gasteiger partial charge >= 0.3 is 5.97 Å². The summed E-state index contributed by atoms with van der Waals surface area (Å²) in [6, 6.07) is 4.72. The molecule has 0 aliphatic rings. The van der Waals surface area contributed by atoms with Gasteiger partial charge in [-0.05, 0) is 42.0 Å². The van der Waals surface area contributed by atoms with Crippen LogP contribution in [0.25, 0.3) is 0 Å². The van der Waals surface area contributed by atoms with E-state index in [1.165, 1.54) is 28.9 Å². The zero-order valence-electron chi connectivity index (χ0n) is 13.7. The number of benzene rings is 1. The number of hydrogen-bond acceptors (Lipinski definition) is 6. The molecule has 0 radical (unpaired) electrons. The van der Waals surface area contributed by atoms with Gasteiger partial charge in [0, 0.05) is 6.42 Å². The van der Waals surface area contributed by atoms with Crippen LogP contribution in [0, 0.1) is 12.7 Å². The predicted molar refractivity (Wildman–Crippen MR) is 83.0 cm³/mol. The Bertz CT molecular complexity index is 760. The first kappa shape index (κ1) is 18.5. The average Bonchev–Trinajstić information content (AvgIpc) is 2.98. The Kier molecular flexibility index (Phi) is 5.42. The van der Waals surface area contributed by atoms with E-state index in [2.05, 4.69) is 20.8 Å². The second kappa shape index (κ2) is 7.34. The smallest absolute Gasteiger partial charge is 0.337 e. The van der Waals surface area contributed by atoms with E-state index < -0.39 is 35.9 Å². The molecule has 3 N–H and O–H groups in total. The Hall–Kier alpha value is -2.88. The third kappa shape index (κ3) is 4.57. The third-order valence-electron chi connectivity index (χ3n) is 3.67. The number of nitrogens with one attached hydrogen (secondary N) is 1. The second-order valence-corrected chi connectivity index (χ2v) is 5.81. The van der Waals surface area contributed by atoms with Crippen LogP contribution in [0.5, 0.6) is 0 Å². The minimum absolute atomic E-state index is 0.160. The molecule has 2 aromatic rings. The van der Waals surface area contributed by atoms with Gasteiger partial charge < -0.3 is 15.5 Å². The molecule has 1 aromatic carbocycles. The van der Waals surface area contributed by atoms with Crippen LogP contribution in [0.1, 0.15) is 24.4 Å². The number of carboxylic acid groups (broad SMARTS) is 1. The number of aromatic nitrogens is 4. The Balaban J connectivity index is 2.20. The molecule has 2 rings (SSSR count). The fourth-order valence-corrected chi connectivity index (χ4v) is 2.11. The number of halogens is 1. The van der Waals surface area contributed by atoms with Gasteiger partial charge in [0.1, 0.15) is 17.7 Å². The zero-order chi connectivity index (χ0) is 18.6. The molecule has 0 fully saturated rings.